The average Bonchev–Trinajstić information content (AvgIpc) is 2.94. The number of amides is 2. The van der Waals surface area contributed by atoms with Crippen LogP contribution in [0.3, 0.4) is 0 Å². The van der Waals surface area contributed by atoms with Gasteiger partial charge in [-0.05, 0) is 73.7 Å². The summed E-state index contributed by atoms with van der Waals surface area (Å²) in [5, 5.41) is 2.89. The number of piperidine rings is 1. The van der Waals surface area contributed by atoms with Crippen LogP contribution in [0.25, 0.3) is 6.08 Å². The minimum Gasteiger partial charge on any atom is -0.497 e. The van der Waals surface area contributed by atoms with E-state index in [9.17, 15) is 14.4 Å². The lowest BCUT2D eigenvalue weighted by Crippen LogP contribution is -2.50. The fourth-order valence-corrected chi connectivity index (χ4v) is 5.55. The van der Waals surface area contributed by atoms with E-state index in [1.807, 2.05) is 36.6 Å². The normalized spacial score (nSPS) is 18.3. The predicted octanol–water partition coefficient (Wildman–Crippen LogP) is 3.90. The summed E-state index contributed by atoms with van der Waals surface area (Å²) in [4.78, 5) is 41.6. The third-order valence-corrected chi connectivity index (χ3v) is 7.76. The molecule has 8 nitrogen and oxygen atoms in total. The zero-order chi connectivity index (χ0) is 27.7. The van der Waals surface area contributed by atoms with Crippen LogP contribution in [0, 0.1) is 19.8 Å². The van der Waals surface area contributed by atoms with Gasteiger partial charge in [0.1, 0.15) is 17.2 Å². The molecule has 1 aromatic heterocycles. The van der Waals surface area contributed by atoms with Crippen molar-refractivity contribution >= 4 is 17.9 Å². The van der Waals surface area contributed by atoms with E-state index in [2.05, 4.69) is 5.32 Å². The van der Waals surface area contributed by atoms with Gasteiger partial charge in [0.15, 0.2) is 0 Å². The highest BCUT2D eigenvalue weighted by Crippen LogP contribution is 2.35. The summed E-state index contributed by atoms with van der Waals surface area (Å²) in [6.07, 6.45) is 2.58. The van der Waals surface area contributed by atoms with Gasteiger partial charge < -0.3 is 24.3 Å². The molecule has 5 rings (SSSR count). The summed E-state index contributed by atoms with van der Waals surface area (Å²) >= 11 is 0. The van der Waals surface area contributed by atoms with E-state index in [1.54, 1.807) is 61.6 Å². The maximum Gasteiger partial charge on any atom is 0.270 e. The van der Waals surface area contributed by atoms with E-state index in [-0.39, 0.29) is 34.9 Å². The third kappa shape index (κ3) is 5.32. The molecule has 202 valence electrons. The number of hydrogen-bond donors (Lipinski definition) is 1. The van der Waals surface area contributed by atoms with E-state index >= 15 is 0 Å². The van der Waals surface area contributed by atoms with E-state index in [0.29, 0.717) is 42.3 Å². The van der Waals surface area contributed by atoms with Crippen LogP contribution < -0.4 is 20.3 Å². The number of nitrogens with zero attached hydrogens (tertiary/aromatic N) is 2. The lowest BCUT2D eigenvalue weighted by molar-refractivity contribution is -0.130. The Kier molecular flexibility index (Phi) is 7.28. The van der Waals surface area contributed by atoms with Crippen molar-refractivity contribution in [3.63, 3.8) is 0 Å². The molecule has 2 aliphatic heterocycles. The van der Waals surface area contributed by atoms with Crippen LogP contribution in [-0.2, 0) is 11.3 Å². The first kappa shape index (κ1) is 26.3. The Hall–Kier alpha value is -4.33. The molecule has 1 saturated heterocycles. The van der Waals surface area contributed by atoms with Gasteiger partial charge in [-0.3, -0.25) is 14.4 Å². The second-order valence-electron chi connectivity index (χ2n) is 10.3. The van der Waals surface area contributed by atoms with E-state index in [4.69, 9.17) is 9.47 Å². The number of methoxy groups -OCH3 is 2. The van der Waals surface area contributed by atoms with E-state index in [0.717, 1.165) is 23.2 Å². The quantitative estimate of drug-likeness (QED) is 0.491. The number of ether oxygens (including phenoxy) is 2. The second-order valence-corrected chi connectivity index (χ2v) is 10.3. The first-order chi connectivity index (χ1) is 18.8. The van der Waals surface area contributed by atoms with Crippen LogP contribution in [0.4, 0.5) is 0 Å². The molecule has 39 heavy (non-hydrogen) atoms. The van der Waals surface area contributed by atoms with Crippen molar-refractivity contribution < 1.29 is 19.1 Å². The van der Waals surface area contributed by atoms with Crippen molar-refractivity contribution in [3.05, 3.63) is 98.6 Å². The SMILES string of the molecule is COc1ccc(C=C(NC(=O)c2ccc(C)c(C)c2)C(=O)N2CC3CC(C2)c2cccc(=O)n2C3)c(OC)c1. The number of rotatable bonds is 6. The Morgan fingerprint density at radius 2 is 1.77 bits per heavy atom. The minimum absolute atomic E-state index is 0.00480. The van der Waals surface area contributed by atoms with Crippen molar-refractivity contribution in [2.24, 2.45) is 5.92 Å². The van der Waals surface area contributed by atoms with Crippen LogP contribution in [-0.4, -0.2) is 48.6 Å². The third-order valence-electron chi connectivity index (χ3n) is 7.76. The maximum absolute atomic E-state index is 14.0. The van der Waals surface area contributed by atoms with Crippen molar-refractivity contribution in [1.29, 1.82) is 0 Å². The molecule has 1 N–H and O–H groups in total. The minimum atomic E-state index is -0.362. The Morgan fingerprint density at radius 1 is 0.949 bits per heavy atom. The number of aromatic nitrogens is 1. The number of nitrogens with one attached hydrogen (secondary N) is 1. The van der Waals surface area contributed by atoms with Crippen LogP contribution in [0.2, 0.25) is 0 Å². The number of hydrogen-bond acceptors (Lipinski definition) is 5. The molecule has 0 saturated carbocycles. The van der Waals surface area contributed by atoms with E-state index < -0.39 is 0 Å². The zero-order valence-corrected chi connectivity index (χ0v) is 22.7. The number of likely N-dealkylation sites (tertiary alicyclic amines) is 1. The summed E-state index contributed by atoms with van der Waals surface area (Å²) in [6.45, 7) is 5.49. The molecule has 2 aromatic carbocycles. The monoisotopic (exact) mass is 527 g/mol. The van der Waals surface area contributed by atoms with Crippen molar-refractivity contribution in [1.82, 2.24) is 14.8 Å². The molecule has 0 aliphatic carbocycles. The number of carbonyl (C=O) groups excluding carboxylic acids is 2. The van der Waals surface area contributed by atoms with Gasteiger partial charge in [-0.2, -0.15) is 0 Å². The van der Waals surface area contributed by atoms with Gasteiger partial charge in [-0.15, -0.1) is 0 Å². The molecule has 8 heteroatoms. The molecule has 0 spiro atoms. The molecule has 3 aromatic rings. The standard InChI is InChI=1S/C31H33N3O5/c1-19-8-9-23(12-20(19)2)30(36)32-26(14-22-10-11-25(38-3)15-28(22)39-4)31(37)33-16-21-13-24(18-33)27-6-5-7-29(35)34(27)17-21/h5-12,14-15,21,24H,13,16-18H2,1-4H3,(H,32,36). The topological polar surface area (TPSA) is 89.9 Å². The number of benzene rings is 2. The predicted molar refractivity (Wildman–Crippen MR) is 149 cm³/mol. The number of aryl methyl sites for hydroxylation is 2. The molecular formula is C31H33N3O5. The smallest absolute Gasteiger partial charge is 0.270 e. The highest BCUT2D eigenvalue weighted by Gasteiger charge is 2.37. The highest BCUT2D eigenvalue weighted by molar-refractivity contribution is 6.05. The fourth-order valence-electron chi connectivity index (χ4n) is 5.55. The number of fused-ring (bicyclic) bond motifs is 4. The van der Waals surface area contributed by atoms with Gasteiger partial charge in [-0.25, -0.2) is 0 Å². The molecule has 1 fully saturated rings. The van der Waals surface area contributed by atoms with Crippen molar-refractivity contribution in [3.8, 4) is 11.5 Å². The average molecular weight is 528 g/mol. The molecule has 3 heterocycles. The zero-order valence-electron chi connectivity index (χ0n) is 22.7. The van der Waals surface area contributed by atoms with Gasteiger partial charge in [0.25, 0.3) is 17.4 Å². The summed E-state index contributed by atoms with van der Waals surface area (Å²) < 4.78 is 12.7. The summed E-state index contributed by atoms with van der Waals surface area (Å²) in [5.74, 6) is 0.721. The van der Waals surface area contributed by atoms with Gasteiger partial charge in [0, 0.05) is 54.5 Å². The molecule has 2 unspecified atom stereocenters. The number of pyridine rings is 1. The number of carbonyl (C=O) groups is 2. The molecule has 2 aliphatic rings. The molecular weight excluding hydrogens is 494 g/mol. The lowest BCUT2D eigenvalue weighted by atomic mass is 9.83. The summed E-state index contributed by atoms with van der Waals surface area (Å²) in [6, 6.07) is 16.1. The lowest BCUT2D eigenvalue weighted by Gasteiger charge is -2.43. The molecule has 0 radical (unpaired) electrons. The van der Waals surface area contributed by atoms with E-state index in [1.165, 1.54) is 0 Å². The van der Waals surface area contributed by atoms with Crippen LogP contribution in [0.5, 0.6) is 11.5 Å². The van der Waals surface area contributed by atoms with Gasteiger partial charge in [-0.1, -0.05) is 12.1 Å². The highest BCUT2D eigenvalue weighted by atomic mass is 16.5. The Morgan fingerprint density at radius 3 is 2.51 bits per heavy atom. The molecule has 2 amide bonds. The summed E-state index contributed by atoms with van der Waals surface area (Å²) in [5.41, 5.74) is 4.30. The largest absolute Gasteiger partial charge is 0.497 e. The van der Waals surface area contributed by atoms with Gasteiger partial charge >= 0.3 is 0 Å². The first-order valence-corrected chi connectivity index (χ1v) is 13.1. The van der Waals surface area contributed by atoms with Crippen LogP contribution in [0.15, 0.2) is 65.1 Å². The van der Waals surface area contributed by atoms with Gasteiger partial charge in [0.2, 0.25) is 0 Å². The van der Waals surface area contributed by atoms with Crippen molar-refractivity contribution in [2.45, 2.75) is 32.7 Å². The Balaban J connectivity index is 1.49. The van der Waals surface area contributed by atoms with Gasteiger partial charge in [0.05, 0.1) is 14.2 Å². The Labute approximate surface area is 227 Å². The van der Waals surface area contributed by atoms with Crippen LogP contribution >= 0.6 is 0 Å². The molecule has 2 bridgehead atoms. The first-order valence-electron chi connectivity index (χ1n) is 13.1. The van der Waals surface area contributed by atoms with Crippen LogP contribution in [0.1, 0.15) is 45.1 Å². The fraction of sp³-hybridized carbons (Fsp3) is 0.323. The maximum atomic E-state index is 14.0. The second kappa shape index (κ2) is 10.8. The van der Waals surface area contributed by atoms with Crippen molar-refractivity contribution in [2.75, 3.05) is 27.3 Å². The molecule has 2 atom stereocenters. The summed E-state index contributed by atoms with van der Waals surface area (Å²) in [7, 11) is 3.12. The Bertz CT molecular complexity index is 1520.